The molecular weight excluding hydrogens is 326 g/mol. The highest BCUT2D eigenvalue weighted by Gasteiger charge is 2.26. The molecule has 2 heterocycles. The van der Waals surface area contributed by atoms with Gasteiger partial charge in [-0.25, -0.2) is 19.9 Å². The number of hydrogen-bond acceptors (Lipinski definition) is 6. The average molecular weight is 347 g/mol. The lowest BCUT2D eigenvalue weighted by Crippen LogP contribution is -2.22. The Morgan fingerprint density at radius 2 is 1.69 bits per heavy atom. The third-order valence-electron chi connectivity index (χ3n) is 4.78. The second-order valence-corrected chi connectivity index (χ2v) is 7.17. The number of nitrogens with one attached hydrogen (secondary N) is 1. The van der Waals surface area contributed by atoms with Gasteiger partial charge in [-0.1, -0.05) is 18.6 Å². The number of rotatable bonds is 2. The highest BCUT2D eigenvalue weighted by atomic mass is 16.1. The summed E-state index contributed by atoms with van der Waals surface area (Å²) in [6.45, 7) is 7.95. The van der Waals surface area contributed by atoms with Crippen LogP contribution in [-0.4, -0.2) is 25.7 Å². The Morgan fingerprint density at radius 3 is 2.50 bits per heavy atom. The van der Waals surface area contributed by atoms with Gasteiger partial charge in [0.1, 0.15) is 0 Å². The summed E-state index contributed by atoms with van der Waals surface area (Å²) in [6.07, 6.45) is 1.35. The highest BCUT2D eigenvalue weighted by molar-refractivity contribution is 5.99. The molecule has 1 aliphatic rings. The van der Waals surface area contributed by atoms with Crippen molar-refractivity contribution in [2.75, 3.05) is 5.32 Å². The fourth-order valence-electron chi connectivity index (χ4n) is 3.57. The number of aryl methyl sites for hydroxylation is 3. The molecule has 1 atom stereocenters. The summed E-state index contributed by atoms with van der Waals surface area (Å²) in [5, 5.41) is 4.16. The average Bonchev–Trinajstić information content (AvgIpc) is 2.54. The van der Waals surface area contributed by atoms with Crippen molar-refractivity contribution in [3.05, 3.63) is 46.4 Å². The number of fused-ring (bicyclic) bond motifs is 2. The van der Waals surface area contributed by atoms with Gasteiger partial charge < -0.3 is 0 Å². The lowest BCUT2D eigenvalue weighted by molar-refractivity contribution is 0.0951. The predicted molar refractivity (Wildman–Crippen MR) is 101 cm³/mol. The van der Waals surface area contributed by atoms with Crippen molar-refractivity contribution in [1.29, 1.82) is 0 Å². The molecule has 132 valence electrons. The number of Topliss-reactive ketones (excluding diaryl/α,β-unsaturated/α-hetero) is 1. The summed E-state index contributed by atoms with van der Waals surface area (Å²) in [5.74, 6) is 1.35. The van der Waals surface area contributed by atoms with Gasteiger partial charge in [0, 0.05) is 11.8 Å². The summed E-state index contributed by atoms with van der Waals surface area (Å²) >= 11 is 0. The van der Waals surface area contributed by atoms with Crippen LogP contribution in [0.3, 0.4) is 0 Å². The molecule has 6 heteroatoms. The van der Waals surface area contributed by atoms with E-state index in [9.17, 15) is 4.79 Å². The number of benzene rings is 1. The van der Waals surface area contributed by atoms with Gasteiger partial charge in [0.05, 0.1) is 28.2 Å². The Kier molecular flexibility index (Phi) is 3.90. The molecule has 1 aromatic carbocycles. The van der Waals surface area contributed by atoms with Gasteiger partial charge in [0.25, 0.3) is 0 Å². The molecule has 1 aliphatic carbocycles. The molecule has 0 saturated carbocycles. The highest BCUT2D eigenvalue weighted by Crippen LogP contribution is 2.27. The Balaban J connectivity index is 1.73. The zero-order valence-electron chi connectivity index (χ0n) is 15.4. The first-order valence-corrected chi connectivity index (χ1v) is 8.83. The van der Waals surface area contributed by atoms with E-state index in [2.05, 4.69) is 45.2 Å². The summed E-state index contributed by atoms with van der Waals surface area (Å²) in [6, 6.07) is 6.11. The van der Waals surface area contributed by atoms with Crippen molar-refractivity contribution in [2.24, 2.45) is 5.92 Å². The maximum Gasteiger partial charge on any atom is 0.230 e. The van der Waals surface area contributed by atoms with E-state index in [0.717, 1.165) is 28.7 Å². The Bertz CT molecular complexity index is 1040. The van der Waals surface area contributed by atoms with E-state index in [4.69, 9.17) is 0 Å². The van der Waals surface area contributed by atoms with Gasteiger partial charge in [0.2, 0.25) is 11.9 Å². The number of ketones is 1. The van der Waals surface area contributed by atoms with E-state index in [1.54, 1.807) is 0 Å². The minimum atomic E-state index is 0.135. The van der Waals surface area contributed by atoms with Crippen molar-refractivity contribution in [1.82, 2.24) is 19.9 Å². The maximum absolute atomic E-state index is 12.3. The van der Waals surface area contributed by atoms with E-state index in [-0.39, 0.29) is 5.78 Å². The van der Waals surface area contributed by atoms with E-state index >= 15 is 0 Å². The molecular formula is C20H21N5O. The predicted octanol–water partition coefficient (Wildman–Crippen LogP) is 3.85. The van der Waals surface area contributed by atoms with Crippen LogP contribution in [0.2, 0.25) is 0 Å². The zero-order valence-corrected chi connectivity index (χ0v) is 15.4. The van der Waals surface area contributed by atoms with Crippen LogP contribution >= 0.6 is 0 Å². The fraction of sp³-hybridized carbons (Fsp3) is 0.350. The van der Waals surface area contributed by atoms with E-state index < -0.39 is 0 Å². The molecule has 1 N–H and O–H groups in total. The van der Waals surface area contributed by atoms with Gasteiger partial charge >= 0.3 is 0 Å². The number of carbonyl (C=O) groups is 1. The molecule has 0 fully saturated rings. The van der Waals surface area contributed by atoms with Crippen molar-refractivity contribution in [2.45, 2.75) is 40.5 Å². The van der Waals surface area contributed by atoms with E-state index in [1.165, 1.54) is 5.56 Å². The number of hydrogen-bond donors (Lipinski definition) is 1. The van der Waals surface area contributed by atoms with Crippen molar-refractivity contribution >= 4 is 28.6 Å². The van der Waals surface area contributed by atoms with Crippen LogP contribution in [0.4, 0.5) is 11.9 Å². The lowest BCUT2D eigenvalue weighted by atomic mass is 9.86. The topological polar surface area (TPSA) is 80.7 Å². The molecule has 6 nitrogen and oxygen atoms in total. The molecule has 0 spiro atoms. The second-order valence-electron chi connectivity index (χ2n) is 7.17. The first-order valence-electron chi connectivity index (χ1n) is 8.83. The number of anilines is 2. The zero-order chi connectivity index (χ0) is 18.4. The summed E-state index contributed by atoms with van der Waals surface area (Å²) in [7, 11) is 0. The third kappa shape index (κ3) is 2.92. The minimum absolute atomic E-state index is 0.135. The van der Waals surface area contributed by atoms with Crippen LogP contribution in [0.25, 0.3) is 10.9 Å². The van der Waals surface area contributed by atoms with Gasteiger partial charge in [-0.05, 0) is 45.2 Å². The van der Waals surface area contributed by atoms with Crippen molar-refractivity contribution in [3.63, 3.8) is 0 Å². The molecule has 4 rings (SSSR count). The third-order valence-corrected chi connectivity index (χ3v) is 4.78. The van der Waals surface area contributed by atoms with Crippen LogP contribution in [0.1, 0.15) is 46.3 Å². The van der Waals surface area contributed by atoms with Gasteiger partial charge in [-0.2, -0.15) is 0 Å². The Labute approximate surface area is 152 Å². The van der Waals surface area contributed by atoms with Crippen molar-refractivity contribution in [3.8, 4) is 0 Å². The fourth-order valence-corrected chi connectivity index (χ4v) is 3.57. The first kappa shape index (κ1) is 16.6. The molecule has 1 unspecified atom stereocenters. The van der Waals surface area contributed by atoms with E-state index in [0.29, 0.717) is 35.5 Å². The van der Waals surface area contributed by atoms with Crippen LogP contribution in [-0.2, 0) is 6.42 Å². The standard InChI is InChI=1S/C20H21N5O/c1-10-5-6-15-14(7-10)12(3)21-19(23-15)25-20-22-13(4)18-16(24-20)8-11(2)9-17(18)26/h5-7,11H,8-9H2,1-4H3,(H,21,22,23,24,25). The van der Waals surface area contributed by atoms with Crippen LogP contribution < -0.4 is 5.32 Å². The Morgan fingerprint density at radius 1 is 0.962 bits per heavy atom. The quantitative estimate of drug-likeness (QED) is 0.758. The molecule has 0 saturated heterocycles. The summed E-state index contributed by atoms with van der Waals surface area (Å²) in [4.78, 5) is 30.4. The van der Waals surface area contributed by atoms with Crippen LogP contribution in [0.5, 0.6) is 0 Å². The first-order chi connectivity index (χ1) is 12.4. The maximum atomic E-state index is 12.3. The van der Waals surface area contributed by atoms with Gasteiger partial charge in [-0.15, -0.1) is 0 Å². The number of carbonyl (C=O) groups excluding carboxylic acids is 1. The summed E-state index contributed by atoms with van der Waals surface area (Å²) < 4.78 is 0. The van der Waals surface area contributed by atoms with Crippen LogP contribution in [0, 0.1) is 26.7 Å². The van der Waals surface area contributed by atoms with E-state index in [1.807, 2.05) is 26.0 Å². The number of nitrogens with zero attached hydrogens (tertiary/aromatic N) is 4. The molecule has 2 aromatic heterocycles. The molecule has 0 radical (unpaired) electrons. The normalized spacial score (nSPS) is 16.6. The monoisotopic (exact) mass is 347 g/mol. The van der Waals surface area contributed by atoms with Crippen LogP contribution in [0.15, 0.2) is 18.2 Å². The summed E-state index contributed by atoms with van der Waals surface area (Å²) in [5.41, 5.74) is 5.17. The lowest BCUT2D eigenvalue weighted by Gasteiger charge is -2.21. The molecule has 26 heavy (non-hydrogen) atoms. The van der Waals surface area contributed by atoms with Gasteiger partial charge in [-0.3, -0.25) is 10.1 Å². The SMILES string of the molecule is Cc1ccc2nc(Nc3nc(C)c4c(n3)CC(C)CC4=O)nc(C)c2c1. The molecule has 0 aliphatic heterocycles. The Hall–Kier alpha value is -2.89. The smallest absolute Gasteiger partial charge is 0.230 e. The number of aromatic nitrogens is 4. The molecule has 0 bridgehead atoms. The second kappa shape index (κ2) is 6.12. The molecule has 0 amide bonds. The van der Waals surface area contributed by atoms with Gasteiger partial charge in [0.15, 0.2) is 5.78 Å². The van der Waals surface area contributed by atoms with Crippen molar-refractivity contribution < 1.29 is 4.79 Å². The largest absolute Gasteiger partial charge is 0.294 e. The minimum Gasteiger partial charge on any atom is -0.294 e. The molecule has 3 aromatic rings.